The molecule has 256 valence electrons. The van der Waals surface area contributed by atoms with E-state index in [1.54, 1.807) is 79.7 Å². The van der Waals surface area contributed by atoms with E-state index in [0.717, 1.165) is 12.8 Å². The normalized spacial score (nSPS) is 13.8. The zero-order valence-electron chi connectivity index (χ0n) is 27.6. The van der Waals surface area contributed by atoms with Crippen LogP contribution in [0.2, 0.25) is 0 Å². The summed E-state index contributed by atoms with van der Waals surface area (Å²) in [6, 6.07) is 19.3. The topological polar surface area (TPSA) is 125 Å². The summed E-state index contributed by atoms with van der Waals surface area (Å²) < 4.78 is 44.2. The Morgan fingerprint density at radius 1 is 0.771 bits per heavy atom. The molecule has 1 unspecified atom stereocenters. The van der Waals surface area contributed by atoms with Gasteiger partial charge in [-0.05, 0) is 79.7 Å². The molecule has 1 atom stereocenters. The van der Waals surface area contributed by atoms with Crippen LogP contribution in [0.4, 0.5) is 0 Å². The first-order valence-electron chi connectivity index (χ1n) is 15.8. The first-order chi connectivity index (χ1) is 23.1. The zero-order valence-corrected chi connectivity index (χ0v) is 27.6. The first-order valence-corrected chi connectivity index (χ1v) is 15.8. The summed E-state index contributed by atoms with van der Waals surface area (Å²) in [7, 11) is 0. The van der Waals surface area contributed by atoms with Crippen molar-refractivity contribution in [3.05, 3.63) is 96.1 Å². The van der Waals surface area contributed by atoms with Crippen molar-refractivity contribution in [3.8, 4) is 23.0 Å². The summed E-state index contributed by atoms with van der Waals surface area (Å²) in [5.74, 6) is 0.178. The second kappa shape index (κ2) is 18.0. The summed E-state index contributed by atoms with van der Waals surface area (Å²) in [4.78, 5) is 36.6. The quantitative estimate of drug-likeness (QED) is 0.0479. The Labute approximate surface area is 280 Å². The SMILES string of the molecule is C=C(C)C(=O)OCCOCCOc1ccc(C(=O)Oc2ccc(OC(=O)c3ccc(OC(CCC)OCC4(C)COC4)cc3)cc2)cc1. The highest BCUT2D eigenvalue weighted by Crippen LogP contribution is 2.28. The van der Waals surface area contributed by atoms with Crippen LogP contribution in [-0.4, -0.2) is 70.4 Å². The van der Waals surface area contributed by atoms with E-state index in [-0.39, 0.29) is 37.3 Å². The monoisotopic (exact) mass is 662 g/mol. The number of hydrogen-bond donors (Lipinski definition) is 0. The van der Waals surface area contributed by atoms with Crippen molar-refractivity contribution in [2.24, 2.45) is 5.41 Å². The Morgan fingerprint density at radius 3 is 1.79 bits per heavy atom. The van der Waals surface area contributed by atoms with Crippen LogP contribution >= 0.6 is 0 Å². The molecule has 0 aromatic heterocycles. The molecule has 11 heteroatoms. The average molecular weight is 663 g/mol. The molecule has 1 fully saturated rings. The van der Waals surface area contributed by atoms with Gasteiger partial charge < -0.3 is 37.9 Å². The second-order valence-corrected chi connectivity index (χ2v) is 11.6. The fraction of sp³-hybridized carbons (Fsp3) is 0.378. The number of esters is 3. The summed E-state index contributed by atoms with van der Waals surface area (Å²) in [5.41, 5.74) is 1.04. The van der Waals surface area contributed by atoms with Gasteiger partial charge in [0.05, 0.1) is 44.2 Å². The highest BCUT2D eigenvalue weighted by Gasteiger charge is 2.34. The largest absolute Gasteiger partial charge is 0.491 e. The molecule has 0 spiro atoms. The predicted octanol–water partition coefficient (Wildman–Crippen LogP) is 6.20. The standard InChI is InChI=1S/C37H42O11/c1-5-6-33(45-25-37(4)23-42-24-37)46-30-13-9-28(10-14-30)36(40)48-32-17-15-31(16-18-32)47-35(39)27-7-11-29(12-8-27)43-21-19-41-20-22-44-34(38)26(2)3/h7-18,33H,2,5-6,19-25H2,1,3-4H3. The minimum absolute atomic E-state index is 0.0244. The van der Waals surface area contributed by atoms with Gasteiger partial charge in [0.25, 0.3) is 0 Å². The van der Waals surface area contributed by atoms with Crippen LogP contribution < -0.4 is 18.9 Å². The minimum atomic E-state index is -0.556. The Hall–Kier alpha value is -4.71. The van der Waals surface area contributed by atoms with E-state index in [1.165, 1.54) is 0 Å². The summed E-state index contributed by atoms with van der Waals surface area (Å²) in [6.45, 7) is 12.1. The van der Waals surface area contributed by atoms with Gasteiger partial charge in [0.2, 0.25) is 0 Å². The van der Waals surface area contributed by atoms with E-state index in [1.807, 2.05) is 0 Å². The van der Waals surface area contributed by atoms with Crippen molar-refractivity contribution in [1.82, 2.24) is 0 Å². The Balaban J connectivity index is 1.17. The Kier molecular flexibility index (Phi) is 13.5. The number of benzene rings is 3. The van der Waals surface area contributed by atoms with E-state index >= 15 is 0 Å². The smallest absolute Gasteiger partial charge is 0.343 e. The van der Waals surface area contributed by atoms with Crippen LogP contribution in [0.5, 0.6) is 23.0 Å². The lowest BCUT2D eigenvalue weighted by Crippen LogP contribution is -2.44. The number of ether oxygens (including phenoxy) is 8. The number of carbonyl (C=O) groups excluding carboxylic acids is 3. The molecule has 0 N–H and O–H groups in total. The predicted molar refractivity (Wildman–Crippen MR) is 176 cm³/mol. The van der Waals surface area contributed by atoms with Crippen LogP contribution in [0.3, 0.4) is 0 Å². The molecule has 0 aliphatic carbocycles. The molecule has 48 heavy (non-hydrogen) atoms. The molecule has 1 saturated heterocycles. The van der Waals surface area contributed by atoms with Gasteiger partial charge >= 0.3 is 17.9 Å². The van der Waals surface area contributed by atoms with Crippen molar-refractivity contribution in [1.29, 1.82) is 0 Å². The molecule has 4 rings (SSSR count). The van der Waals surface area contributed by atoms with Crippen LogP contribution in [0.1, 0.15) is 54.3 Å². The van der Waals surface area contributed by atoms with Crippen molar-refractivity contribution in [2.45, 2.75) is 39.9 Å². The molecule has 0 bridgehead atoms. The molecule has 0 saturated carbocycles. The average Bonchev–Trinajstić information content (AvgIpc) is 3.07. The maximum atomic E-state index is 12.7. The lowest BCUT2D eigenvalue weighted by Gasteiger charge is -2.38. The fourth-order valence-corrected chi connectivity index (χ4v) is 4.29. The molecule has 1 heterocycles. The number of hydrogen-bond acceptors (Lipinski definition) is 11. The van der Waals surface area contributed by atoms with Gasteiger partial charge in [-0.25, -0.2) is 14.4 Å². The van der Waals surface area contributed by atoms with E-state index in [0.29, 0.717) is 60.4 Å². The van der Waals surface area contributed by atoms with E-state index in [4.69, 9.17) is 37.9 Å². The van der Waals surface area contributed by atoms with Gasteiger partial charge in [-0.15, -0.1) is 0 Å². The van der Waals surface area contributed by atoms with Crippen LogP contribution in [0, 0.1) is 5.41 Å². The molecule has 1 aliphatic heterocycles. The molecule has 11 nitrogen and oxygen atoms in total. The van der Waals surface area contributed by atoms with Crippen molar-refractivity contribution >= 4 is 17.9 Å². The lowest BCUT2D eigenvalue weighted by atomic mass is 9.90. The van der Waals surface area contributed by atoms with Gasteiger partial charge in [0.1, 0.15) is 36.2 Å². The Bertz CT molecular complexity index is 1490. The van der Waals surface area contributed by atoms with Gasteiger partial charge in [-0.2, -0.15) is 0 Å². The third-order valence-corrected chi connectivity index (χ3v) is 7.04. The van der Waals surface area contributed by atoms with Gasteiger partial charge in [-0.3, -0.25) is 0 Å². The van der Waals surface area contributed by atoms with Crippen molar-refractivity contribution in [2.75, 3.05) is 46.2 Å². The Morgan fingerprint density at radius 2 is 1.29 bits per heavy atom. The van der Waals surface area contributed by atoms with Crippen molar-refractivity contribution < 1.29 is 52.3 Å². The third kappa shape index (κ3) is 11.5. The zero-order chi connectivity index (χ0) is 34.4. The van der Waals surface area contributed by atoms with Gasteiger partial charge in [0, 0.05) is 17.4 Å². The van der Waals surface area contributed by atoms with Gasteiger partial charge in [0.15, 0.2) is 6.29 Å². The highest BCUT2D eigenvalue weighted by molar-refractivity contribution is 5.92. The molecule has 3 aromatic carbocycles. The molecular formula is C37H42O11. The maximum absolute atomic E-state index is 12.7. The molecule has 0 amide bonds. The summed E-state index contributed by atoms with van der Waals surface area (Å²) >= 11 is 0. The first kappa shape index (κ1) is 36.1. The van der Waals surface area contributed by atoms with E-state index in [9.17, 15) is 14.4 Å². The molecule has 1 aliphatic rings. The van der Waals surface area contributed by atoms with Crippen LogP contribution in [0.15, 0.2) is 84.9 Å². The van der Waals surface area contributed by atoms with Crippen molar-refractivity contribution in [3.63, 3.8) is 0 Å². The van der Waals surface area contributed by atoms with Crippen LogP contribution in [0.25, 0.3) is 0 Å². The molecular weight excluding hydrogens is 620 g/mol. The summed E-state index contributed by atoms with van der Waals surface area (Å²) in [6.07, 6.45) is 1.26. The van der Waals surface area contributed by atoms with Gasteiger partial charge in [-0.1, -0.05) is 26.8 Å². The number of rotatable bonds is 19. The lowest BCUT2D eigenvalue weighted by molar-refractivity contribution is -0.179. The van der Waals surface area contributed by atoms with Crippen LogP contribution in [-0.2, 0) is 23.7 Å². The second-order valence-electron chi connectivity index (χ2n) is 11.6. The number of carbonyl (C=O) groups is 3. The fourth-order valence-electron chi connectivity index (χ4n) is 4.29. The third-order valence-electron chi connectivity index (χ3n) is 7.04. The molecule has 0 radical (unpaired) electrons. The minimum Gasteiger partial charge on any atom is -0.491 e. The summed E-state index contributed by atoms with van der Waals surface area (Å²) in [5, 5.41) is 0. The highest BCUT2D eigenvalue weighted by atomic mass is 16.7. The van der Waals surface area contributed by atoms with E-state index in [2.05, 4.69) is 20.4 Å². The molecule has 3 aromatic rings. The maximum Gasteiger partial charge on any atom is 0.343 e. The van der Waals surface area contributed by atoms with E-state index < -0.39 is 17.9 Å².